The quantitative estimate of drug-likeness (QED) is 0.890. The molecule has 0 heterocycles. The number of rotatable bonds is 5. The molecule has 4 nitrogen and oxygen atoms in total. The number of amides is 2. The van der Waals surface area contributed by atoms with E-state index >= 15 is 0 Å². The SMILES string of the molecule is NCCN(Cc1ccccc1)C(=O)Nc1ccc(Cl)cc1. The Kier molecular flexibility index (Phi) is 5.60. The van der Waals surface area contributed by atoms with Crippen molar-refractivity contribution in [2.24, 2.45) is 5.73 Å². The largest absolute Gasteiger partial charge is 0.329 e. The van der Waals surface area contributed by atoms with E-state index in [1.54, 1.807) is 29.2 Å². The average Bonchev–Trinajstić information content (AvgIpc) is 2.50. The van der Waals surface area contributed by atoms with Crippen molar-refractivity contribution < 1.29 is 4.79 Å². The van der Waals surface area contributed by atoms with Crippen LogP contribution in [-0.2, 0) is 6.54 Å². The maximum atomic E-state index is 12.3. The summed E-state index contributed by atoms with van der Waals surface area (Å²) in [7, 11) is 0. The first-order valence-corrected chi connectivity index (χ1v) is 7.12. The third kappa shape index (κ3) is 4.77. The monoisotopic (exact) mass is 303 g/mol. The van der Waals surface area contributed by atoms with Crippen molar-refractivity contribution in [3.63, 3.8) is 0 Å². The van der Waals surface area contributed by atoms with Crippen molar-refractivity contribution in [2.75, 3.05) is 18.4 Å². The summed E-state index contributed by atoms with van der Waals surface area (Å²) in [6.07, 6.45) is 0. The number of carbonyl (C=O) groups is 1. The number of halogens is 1. The highest BCUT2D eigenvalue weighted by atomic mass is 35.5. The Balaban J connectivity index is 2.03. The molecule has 0 bridgehead atoms. The van der Waals surface area contributed by atoms with E-state index in [9.17, 15) is 4.79 Å². The lowest BCUT2D eigenvalue weighted by Gasteiger charge is -2.22. The standard InChI is InChI=1S/C16H18ClN3O/c17-14-6-8-15(9-7-14)19-16(21)20(11-10-18)12-13-4-2-1-3-5-13/h1-9H,10-12,18H2,(H,19,21). The molecule has 0 saturated carbocycles. The van der Waals surface area contributed by atoms with E-state index in [2.05, 4.69) is 5.32 Å². The molecule has 0 spiro atoms. The molecule has 3 N–H and O–H groups in total. The molecule has 5 heteroatoms. The summed E-state index contributed by atoms with van der Waals surface area (Å²) in [6, 6.07) is 16.7. The fourth-order valence-corrected chi connectivity index (χ4v) is 2.07. The van der Waals surface area contributed by atoms with Gasteiger partial charge in [0.1, 0.15) is 0 Å². The second-order valence-electron chi connectivity index (χ2n) is 4.63. The summed E-state index contributed by atoms with van der Waals surface area (Å²) in [5, 5.41) is 3.48. The minimum atomic E-state index is -0.174. The highest BCUT2D eigenvalue weighted by Crippen LogP contribution is 2.14. The number of hydrogen-bond donors (Lipinski definition) is 2. The topological polar surface area (TPSA) is 58.4 Å². The van der Waals surface area contributed by atoms with Crippen LogP contribution >= 0.6 is 11.6 Å². The van der Waals surface area contributed by atoms with Crippen LogP contribution in [0.1, 0.15) is 5.56 Å². The van der Waals surface area contributed by atoms with E-state index in [1.807, 2.05) is 30.3 Å². The predicted molar refractivity (Wildman–Crippen MR) is 86.4 cm³/mol. The molecule has 2 amide bonds. The van der Waals surface area contributed by atoms with Gasteiger partial charge in [0.15, 0.2) is 0 Å². The second kappa shape index (κ2) is 7.67. The van der Waals surface area contributed by atoms with Crippen LogP contribution in [0.2, 0.25) is 5.02 Å². The molecule has 21 heavy (non-hydrogen) atoms. The zero-order valence-corrected chi connectivity index (χ0v) is 12.4. The van der Waals surface area contributed by atoms with Crippen molar-refractivity contribution in [2.45, 2.75) is 6.54 Å². The van der Waals surface area contributed by atoms with Gasteiger partial charge in [-0.1, -0.05) is 41.9 Å². The number of benzene rings is 2. The van der Waals surface area contributed by atoms with Crippen LogP contribution < -0.4 is 11.1 Å². The Bertz CT molecular complexity index is 572. The summed E-state index contributed by atoms with van der Waals surface area (Å²) in [4.78, 5) is 14.0. The minimum Gasteiger partial charge on any atom is -0.329 e. The Hall–Kier alpha value is -2.04. The Morgan fingerprint density at radius 2 is 1.76 bits per heavy atom. The van der Waals surface area contributed by atoms with Crippen LogP contribution in [0, 0.1) is 0 Å². The van der Waals surface area contributed by atoms with E-state index in [0.717, 1.165) is 5.56 Å². The summed E-state index contributed by atoms with van der Waals surface area (Å²) in [6.45, 7) is 1.44. The first-order chi connectivity index (χ1) is 10.2. The third-order valence-corrected chi connectivity index (χ3v) is 3.25. The predicted octanol–water partition coefficient (Wildman–Crippen LogP) is 3.33. The molecule has 0 aromatic heterocycles. The van der Waals surface area contributed by atoms with Gasteiger partial charge in [-0.3, -0.25) is 0 Å². The number of nitrogens with one attached hydrogen (secondary N) is 1. The summed E-state index contributed by atoms with van der Waals surface area (Å²) >= 11 is 5.83. The fourth-order valence-electron chi connectivity index (χ4n) is 1.95. The number of hydrogen-bond acceptors (Lipinski definition) is 2. The molecule has 2 aromatic carbocycles. The lowest BCUT2D eigenvalue weighted by atomic mass is 10.2. The van der Waals surface area contributed by atoms with Gasteiger partial charge >= 0.3 is 6.03 Å². The molecule has 0 atom stereocenters. The average molecular weight is 304 g/mol. The molecule has 0 aliphatic heterocycles. The van der Waals surface area contributed by atoms with E-state index in [4.69, 9.17) is 17.3 Å². The van der Waals surface area contributed by atoms with E-state index in [0.29, 0.717) is 30.3 Å². The lowest BCUT2D eigenvalue weighted by Crippen LogP contribution is -2.37. The van der Waals surface area contributed by atoms with Crippen molar-refractivity contribution in [3.05, 3.63) is 65.2 Å². The van der Waals surface area contributed by atoms with Crippen LogP contribution in [-0.4, -0.2) is 24.0 Å². The van der Waals surface area contributed by atoms with Gasteiger partial charge in [-0.25, -0.2) is 4.79 Å². The summed E-state index contributed by atoms with van der Waals surface area (Å²) < 4.78 is 0. The summed E-state index contributed by atoms with van der Waals surface area (Å²) in [5.74, 6) is 0. The van der Waals surface area contributed by atoms with Gasteiger partial charge in [-0.2, -0.15) is 0 Å². The van der Waals surface area contributed by atoms with Crippen molar-refractivity contribution in [3.8, 4) is 0 Å². The zero-order valence-electron chi connectivity index (χ0n) is 11.6. The van der Waals surface area contributed by atoms with Gasteiger partial charge in [0.05, 0.1) is 0 Å². The Morgan fingerprint density at radius 1 is 1.10 bits per heavy atom. The van der Waals surface area contributed by atoms with Crippen LogP contribution in [0.5, 0.6) is 0 Å². The van der Waals surface area contributed by atoms with Crippen LogP contribution in [0.3, 0.4) is 0 Å². The molecule has 0 unspecified atom stereocenters. The van der Waals surface area contributed by atoms with Crippen molar-refractivity contribution >= 4 is 23.3 Å². The molecule has 0 fully saturated rings. The van der Waals surface area contributed by atoms with Crippen molar-refractivity contribution in [1.29, 1.82) is 0 Å². The number of urea groups is 1. The van der Waals surface area contributed by atoms with E-state index < -0.39 is 0 Å². The fraction of sp³-hybridized carbons (Fsp3) is 0.188. The molecular weight excluding hydrogens is 286 g/mol. The van der Waals surface area contributed by atoms with Gasteiger partial charge < -0.3 is 16.0 Å². The maximum Gasteiger partial charge on any atom is 0.322 e. The molecule has 0 saturated heterocycles. The molecule has 0 aliphatic rings. The molecule has 0 aliphatic carbocycles. The number of nitrogens with zero attached hydrogens (tertiary/aromatic N) is 1. The molecule has 0 radical (unpaired) electrons. The Labute approximate surface area is 129 Å². The highest BCUT2D eigenvalue weighted by Gasteiger charge is 2.13. The van der Waals surface area contributed by atoms with Crippen LogP contribution in [0.4, 0.5) is 10.5 Å². The number of anilines is 1. The first kappa shape index (κ1) is 15.4. The van der Waals surface area contributed by atoms with Crippen LogP contribution in [0.15, 0.2) is 54.6 Å². The van der Waals surface area contributed by atoms with Gasteiger partial charge in [0, 0.05) is 30.3 Å². The van der Waals surface area contributed by atoms with E-state index in [1.165, 1.54) is 0 Å². The third-order valence-electron chi connectivity index (χ3n) is 3.00. The molecule has 2 aromatic rings. The minimum absolute atomic E-state index is 0.174. The maximum absolute atomic E-state index is 12.3. The summed E-state index contributed by atoms with van der Waals surface area (Å²) in [5.41, 5.74) is 7.37. The molecular formula is C16H18ClN3O. The number of carbonyl (C=O) groups excluding carboxylic acids is 1. The normalized spacial score (nSPS) is 10.2. The molecule has 2 rings (SSSR count). The van der Waals surface area contributed by atoms with Crippen LogP contribution in [0.25, 0.3) is 0 Å². The zero-order chi connectivity index (χ0) is 15.1. The Morgan fingerprint density at radius 3 is 2.38 bits per heavy atom. The lowest BCUT2D eigenvalue weighted by molar-refractivity contribution is 0.210. The number of nitrogens with two attached hydrogens (primary N) is 1. The smallest absolute Gasteiger partial charge is 0.322 e. The molecule has 110 valence electrons. The second-order valence-corrected chi connectivity index (χ2v) is 5.07. The van der Waals surface area contributed by atoms with Crippen molar-refractivity contribution in [1.82, 2.24) is 4.90 Å². The van der Waals surface area contributed by atoms with Gasteiger partial charge in [0.25, 0.3) is 0 Å². The van der Waals surface area contributed by atoms with Gasteiger partial charge in [0.2, 0.25) is 0 Å². The first-order valence-electron chi connectivity index (χ1n) is 6.74. The highest BCUT2D eigenvalue weighted by molar-refractivity contribution is 6.30. The van der Waals surface area contributed by atoms with Gasteiger partial charge in [-0.15, -0.1) is 0 Å². The van der Waals surface area contributed by atoms with Gasteiger partial charge in [-0.05, 0) is 29.8 Å². The van der Waals surface area contributed by atoms with E-state index in [-0.39, 0.29) is 6.03 Å².